The molecule has 1 heterocycles. The van der Waals surface area contributed by atoms with Crippen LogP contribution in [0.5, 0.6) is 0 Å². The van der Waals surface area contributed by atoms with Crippen LogP contribution in [-0.4, -0.2) is 10.2 Å². The zero-order chi connectivity index (χ0) is 12.3. The predicted octanol–water partition coefficient (Wildman–Crippen LogP) is 2.04. The molecule has 4 heteroatoms. The molecule has 0 unspecified atom stereocenters. The molecular formula is C14H17N3O. The van der Waals surface area contributed by atoms with Crippen molar-refractivity contribution >= 4 is 0 Å². The molecule has 0 amide bonds. The topological polar surface area (TPSA) is 72.4 Å². The molecular weight excluding hydrogens is 226 g/mol. The standard InChI is InChI=1S/C14H17N3O/c15-7-11-12(16-17-13(11)18)14-4-8-1-9(5-14)3-10(2-8)6-14/h8-10H,1-6H2,(H2,16,17,18). The van der Waals surface area contributed by atoms with Crippen LogP contribution in [0, 0.1) is 29.1 Å². The molecule has 4 nitrogen and oxygen atoms in total. The van der Waals surface area contributed by atoms with Crippen LogP contribution in [-0.2, 0) is 5.41 Å². The number of nitrogens with zero attached hydrogens (tertiary/aromatic N) is 1. The number of hydrogen-bond acceptors (Lipinski definition) is 2. The summed E-state index contributed by atoms with van der Waals surface area (Å²) in [7, 11) is 0. The maximum absolute atomic E-state index is 11.7. The Kier molecular flexibility index (Phi) is 1.90. The Labute approximate surface area is 105 Å². The van der Waals surface area contributed by atoms with Gasteiger partial charge in [0.2, 0.25) is 0 Å². The van der Waals surface area contributed by atoms with Gasteiger partial charge in [-0.05, 0) is 56.3 Å². The molecule has 4 bridgehead atoms. The van der Waals surface area contributed by atoms with Gasteiger partial charge in [0.1, 0.15) is 11.6 Å². The maximum atomic E-state index is 11.7. The molecule has 2 N–H and O–H groups in total. The predicted molar refractivity (Wildman–Crippen MR) is 66.0 cm³/mol. The summed E-state index contributed by atoms with van der Waals surface area (Å²) >= 11 is 0. The van der Waals surface area contributed by atoms with E-state index >= 15 is 0 Å². The van der Waals surface area contributed by atoms with Crippen molar-refractivity contribution in [2.75, 3.05) is 0 Å². The zero-order valence-electron chi connectivity index (χ0n) is 10.3. The average Bonchev–Trinajstić information content (AvgIpc) is 2.69. The van der Waals surface area contributed by atoms with Crippen LogP contribution in [0.4, 0.5) is 0 Å². The van der Waals surface area contributed by atoms with Crippen molar-refractivity contribution in [3.63, 3.8) is 0 Å². The number of H-pyrrole nitrogens is 2. The summed E-state index contributed by atoms with van der Waals surface area (Å²) in [6, 6.07) is 2.09. The summed E-state index contributed by atoms with van der Waals surface area (Å²) in [6.45, 7) is 0. The van der Waals surface area contributed by atoms with E-state index in [0.29, 0.717) is 5.56 Å². The Morgan fingerprint density at radius 3 is 2.11 bits per heavy atom. The highest BCUT2D eigenvalue weighted by Gasteiger charge is 2.53. The normalized spacial score (nSPS) is 40.9. The van der Waals surface area contributed by atoms with Gasteiger partial charge in [-0.15, -0.1) is 0 Å². The van der Waals surface area contributed by atoms with E-state index < -0.39 is 0 Å². The summed E-state index contributed by atoms with van der Waals surface area (Å²) < 4.78 is 0. The SMILES string of the molecule is N#Cc1c(C23CC4CC(CC(C4)C2)C3)[nH][nH]c1=O. The van der Waals surface area contributed by atoms with Gasteiger partial charge in [-0.25, -0.2) is 0 Å². The Bertz CT molecular complexity index is 554. The molecule has 0 saturated heterocycles. The third kappa shape index (κ3) is 1.22. The van der Waals surface area contributed by atoms with Gasteiger partial charge >= 0.3 is 0 Å². The largest absolute Gasteiger partial charge is 0.300 e. The lowest BCUT2D eigenvalue weighted by atomic mass is 9.48. The second kappa shape index (κ2) is 3.28. The van der Waals surface area contributed by atoms with Gasteiger partial charge < -0.3 is 5.10 Å². The van der Waals surface area contributed by atoms with Crippen molar-refractivity contribution in [1.82, 2.24) is 10.2 Å². The van der Waals surface area contributed by atoms with Gasteiger partial charge in [0, 0.05) is 5.41 Å². The van der Waals surface area contributed by atoms with E-state index in [1.165, 1.54) is 38.5 Å². The fraction of sp³-hybridized carbons (Fsp3) is 0.714. The minimum atomic E-state index is -0.247. The van der Waals surface area contributed by atoms with Crippen molar-refractivity contribution in [1.29, 1.82) is 5.26 Å². The molecule has 0 aromatic carbocycles. The quantitative estimate of drug-likeness (QED) is 0.792. The van der Waals surface area contributed by atoms with Crippen LogP contribution in [0.1, 0.15) is 49.8 Å². The van der Waals surface area contributed by atoms with E-state index in [0.717, 1.165) is 23.4 Å². The summed E-state index contributed by atoms with van der Waals surface area (Å²) in [5.74, 6) is 2.46. The summed E-state index contributed by atoms with van der Waals surface area (Å²) in [6.07, 6.45) is 7.62. The maximum Gasteiger partial charge on any atom is 0.282 e. The Hall–Kier alpha value is -1.50. The van der Waals surface area contributed by atoms with Gasteiger partial charge in [0.25, 0.3) is 5.56 Å². The molecule has 0 atom stereocenters. The smallest absolute Gasteiger partial charge is 0.282 e. The first kappa shape index (κ1) is 10.4. The molecule has 94 valence electrons. The number of aromatic nitrogens is 2. The third-order valence-corrected chi connectivity index (χ3v) is 5.46. The number of hydrogen-bond donors (Lipinski definition) is 2. The minimum Gasteiger partial charge on any atom is -0.300 e. The van der Waals surface area contributed by atoms with Crippen LogP contribution in [0.2, 0.25) is 0 Å². The molecule has 5 rings (SSSR count). The van der Waals surface area contributed by atoms with Crippen LogP contribution in [0.15, 0.2) is 4.79 Å². The highest BCUT2D eigenvalue weighted by molar-refractivity contribution is 5.37. The van der Waals surface area contributed by atoms with E-state index in [2.05, 4.69) is 16.3 Å². The van der Waals surface area contributed by atoms with Crippen molar-refractivity contribution in [3.8, 4) is 6.07 Å². The molecule has 4 aliphatic rings. The van der Waals surface area contributed by atoms with Gasteiger partial charge in [0.15, 0.2) is 0 Å². The lowest BCUT2D eigenvalue weighted by molar-refractivity contribution is -0.00734. The minimum absolute atomic E-state index is 0.0962. The van der Waals surface area contributed by atoms with E-state index in [1.54, 1.807) is 0 Å². The lowest BCUT2D eigenvalue weighted by Gasteiger charge is -2.56. The molecule has 18 heavy (non-hydrogen) atoms. The van der Waals surface area contributed by atoms with Gasteiger partial charge in [-0.3, -0.25) is 9.89 Å². The summed E-state index contributed by atoms with van der Waals surface area (Å²) in [5, 5.41) is 14.8. The van der Waals surface area contributed by atoms with E-state index in [1.807, 2.05) is 0 Å². The van der Waals surface area contributed by atoms with Crippen molar-refractivity contribution in [2.24, 2.45) is 17.8 Å². The second-order valence-corrected chi connectivity index (χ2v) is 6.64. The first-order chi connectivity index (χ1) is 8.70. The fourth-order valence-electron chi connectivity index (χ4n) is 5.28. The number of nitriles is 1. The van der Waals surface area contributed by atoms with E-state index in [9.17, 15) is 10.1 Å². The first-order valence-electron chi connectivity index (χ1n) is 6.91. The molecule has 4 fully saturated rings. The van der Waals surface area contributed by atoms with E-state index in [4.69, 9.17) is 0 Å². The Morgan fingerprint density at radius 1 is 1.06 bits per heavy atom. The van der Waals surface area contributed by atoms with E-state index in [-0.39, 0.29) is 11.0 Å². The average molecular weight is 243 g/mol. The Morgan fingerprint density at radius 2 is 1.61 bits per heavy atom. The molecule has 4 aliphatic carbocycles. The monoisotopic (exact) mass is 243 g/mol. The highest BCUT2D eigenvalue weighted by atomic mass is 16.1. The molecule has 0 aliphatic heterocycles. The van der Waals surface area contributed by atoms with Crippen molar-refractivity contribution < 1.29 is 0 Å². The molecule has 4 saturated carbocycles. The molecule has 1 aromatic heterocycles. The number of aromatic amines is 2. The van der Waals surface area contributed by atoms with Crippen LogP contribution >= 0.6 is 0 Å². The summed E-state index contributed by atoms with van der Waals surface area (Å²) in [5.41, 5.74) is 1.09. The third-order valence-electron chi connectivity index (χ3n) is 5.46. The van der Waals surface area contributed by atoms with Crippen molar-refractivity contribution in [3.05, 3.63) is 21.6 Å². The fourth-order valence-corrected chi connectivity index (χ4v) is 5.28. The lowest BCUT2D eigenvalue weighted by Crippen LogP contribution is -2.49. The molecule has 1 aromatic rings. The van der Waals surface area contributed by atoms with Gasteiger partial charge in [0.05, 0.1) is 5.69 Å². The second-order valence-electron chi connectivity index (χ2n) is 6.64. The Balaban J connectivity index is 1.84. The van der Waals surface area contributed by atoms with Crippen LogP contribution in [0.3, 0.4) is 0 Å². The highest BCUT2D eigenvalue weighted by Crippen LogP contribution is 2.60. The number of nitrogens with one attached hydrogen (secondary N) is 2. The molecule has 0 radical (unpaired) electrons. The van der Waals surface area contributed by atoms with Gasteiger partial charge in [-0.2, -0.15) is 5.26 Å². The van der Waals surface area contributed by atoms with Crippen molar-refractivity contribution in [2.45, 2.75) is 43.9 Å². The first-order valence-corrected chi connectivity index (χ1v) is 6.91. The van der Waals surface area contributed by atoms with Crippen LogP contribution in [0.25, 0.3) is 0 Å². The number of rotatable bonds is 1. The van der Waals surface area contributed by atoms with Gasteiger partial charge in [-0.1, -0.05) is 0 Å². The summed E-state index contributed by atoms with van der Waals surface area (Å²) in [4.78, 5) is 11.7. The molecule has 0 spiro atoms. The van der Waals surface area contributed by atoms with Crippen LogP contribution < -0.4 is 5.56 Å². The zero-order valence-corrected chi connectivity index (χ0v) is 10.3.